The van der Waals surface area contributed by atoms with Crippen LogP contribution >= 0.6 is 0 Å². The molecule has 2 N–H and O–H groups in total. The lowest BCUT2D eigenvalue weighted by Gasteiger charge is -2.30. The average Bonchev–Trinajstić information content (AvgIpc) is 2.59. The van der Waals surface area contributed by atoms with Crippen molar-refractivity contribution in [3.8, 4) is 11.5 Å². The first-order chi connectivity index (χ1) is 10.7. The van der Waals surface area contributed by atoms with Crippen LogP contribution in [0.1, 0.15) is 16.7 Å². The van der Waals surface area contributed by atoms with Crippen LogP contribution < -0.4 is 20.1 Å². The first-order valence-electron chi connectivity index (χ1n) is 7.39. The molecule has 5 heteroatoms. The highest BCUT2D eigenvalue weighted by molar-refractivity contribution is 5.52. The standard InChI is InChI=1S/C17H21N3O2/c1-21-15-8-13-4-6-20(11-14(13)9-16(15)22-2)17-7-12(10-18)3-5-19-17/h3,5,7-9H,4,6,10-11,18H2,1-2H3. The van der Waals surface area contributed by atoms with Gasteiger partial charge in [0.2, 0.25) is 0 Å². The van der Waals surface area contributed by atoms with Gasteiger partial charge in [-0.3, -0.25) is 0 Å². The van der Waals surface area contributed by atoms with Crippen molar-refractivity contribution in [1.29, 1.82) is 0 Å². The first kappa shape index (κ1) is 14.7. The molecule has 0 radical (unpaired) electrons. The Labute approximate surface area is 130 Å². The number of ether oxygens (including phenoxy) is 2. The van der Waals surface area contributed by atoms with Gasteiger partial charge in [0.15, 0.2) is 11.5 Å². The van der Waals surface area contributed by atoms with Gasteiger partial charge in [-0.1, -0.05) is 0 Å². The monoisotopic (exact) mass is 299 g/mol. The summed E-state index contributed by atoms with van der Waals surface area (Å²) in [5, 5.41) is 0. The molecule has 0 atom stereocenters. The van der Waals surface area contributed by atoms with E-state index < -0.39 is 0 Å². The van der Waals surface area contributed by atoms with Crippen molar-refractivity contribution in [2.45, 2.75) is 19.5 Å². The van der Waals surface area contributed by atoms with Crippen LogP contribution in [0.2, 0.25) is 0 Å². The van der Waals surface area contributed by atoms with Crippen molar-refractivity contribution in [2.24, 2.45) is 5.73 Å². The van der Waals surface area contributed by atoms with E-state index in [9.17, 15) is 0 Å². The van der Waals surface area contributed by atoms with Crippen LogP contribution in [-0.2, 0) is 19.5 Å². The third-order valence-corrected chi connectivity index (χ3v) is 4.09. The molecule has 2 aromatic rings. The highest BCUT2D eigenvalue weighted by atomic mass is 16.5. The molecule has 0 unspecified atom stereocenters. The summed E-state index contributed by atoms with van der Waals surface area (Å²) < 4.78 is 10.8. The van der Waals surface area contributed by atoms with Gasteiger partial charge in [0, 0.05) is 25.8 Å². The minimum atomic E-state index is 0.533. The van der Waals surface area contributed by atoms with E-state index in [0.717, 1.165) is 42.4 Å². The second kappa shape index (κ2) is 6.23. The first-order valence-corrected chi connectivity index (χ1v) is 7.39. The summed E-state index contributed by atoms with van der Waals surface area (Å²) in [7, 11) is 3.33. The molecule has 0 amide bonds. The van der Waals surface area contributed by atoms with Crippen molar-refractivity contribution in [3.05, 3.63) is 47.2 Å². The van der Waals surface area contributed by atoms with Crippen molar-refractivity contribution in [1.82, 2.24) is 4.98 Å². The minimum absolute atomic E-state index is 0.533. The van der Waals surface area contributed by atoms with E-state index in [0.29, 0.717) is 6.54 Å². The molecule has 0 fully saturated rings. The number of methoxy groups -OCH3 is 2. The van der Waals surface area contributed by atoms with E-state index in [-0.39, 0.29) is 0 Å². The summed E-state index contributed by atoms with van der Waals surface area (Å²) in [5.41, 5.74) is 9.38. The van der Waals surface area contributed by atoms with Gasteiger partial charge in [-0.2, -0.15) is 0 Å². The number of fused-ring (bicyclic) bond motifs is 1. The summed E-state index contributed by atoms with van der Waals surface area (Å²) >= 11 is 0. The summed E-state index contributed by atoms with van der Waals surface area (Å²) in [5.74, 6) is 2.54. The summed E-state index contributed by atoms with van der Waals surface area (Å²) in [6, 6.07) is 8.16. The van der Waals surface area contributed by atoms with Crippen LogP contribution in [0.3, 0.4) is 0 Å². The van der Waals surface area contributed by atoms with Gasteiger partial charge in [-0.15, -0.1) is 0 Å². The van der Waals surface area contributed by atoms with Crippen LogP contribution in [0.4, 0.5) is 5.82 Å². The fraction of sp³-hybridized carbons (Fsp3) is 0.353. The third-order valence-electron chi connectivity index (χ3n) is 4.09. The van der Waals surface area contributed by atoms with Crippen LogP contribution in [0.15, 0.2) is 30.5 Å². The molecule has 0 saturated heterocycles. The number of anilines is 1. The van der Waals surface area contributed by atoms with Crippen LogP contribution in [0.25, 0.3) is 0 Å². The predicted molar refractivity (Wildman–Crippen MR) is 86.4 cm³/mol. The number of nitrogens with two attached hydrogens (primary N) is 1. The maximum atomic E-state index is 5.72. The number of hydrogen-bond acceptors (Lipinski definition) is 5. The fourth-order valence-corrected chi connectivity index (χ4v) is 2.84. The molecular formula is C17H21N3O2. The molecule has 1 aromatic carbocycles. The highest BCUT2D eigenvalue weighted by Gasteiger charge is 2.20. The smallest absolute Gasteiger partial charge is 0.161 e. The summed E-state index contributed by atoms with van der Waals surface area (Å²) in [6.45, 7) is 2.28. The zero-order chi connectivity index (χ0) is 15.5. The van der Waals surface area contributed by atoms with Crippen LogP contribution in [0.5, 0.6) is 11.5 Å². The van der Waals surface area contributed by atoms with Gasteiger partial charge in [-0.05, 0) is 47.4 Å². The van der Waals surface area contributed by atoms with E-state index in [2.05, 4.69) is 28.1 Å². The Hall–Kier alpha value is -2.27. The SMILES string of the molecule is COc1cc2c(cc1OC)CN(c1cc(CN)ccn1)CC2. The second-order valence-corrected chi connectivity index (χ2v) is 5.37. The topological polar surface area (TPSA) is 60.6 Å². The fourth-order valence-electron chi connectivity index (χ4n) is 2.84. The molecule has 22 heavy (non-hydrogen) atoms. The number of benzene rings is 1. The molecule has 0 saturated carbocycles. The lowest BCUT2D eigenvalue weighted by molar-refractivity contribution is 0.353. The molecule has 0 aliphatic carbocycles. The lowest BCUT2D eigenvalue weighted by atomic mass is 9.98. The van der Waals surface area contributed by atoms with Gasteiger partial charge >= 0.3 is 0 Å². The Balaban J connectivity index is 1.89. The molecule has 1 aliphatic heterocycles. The van der Waals surface area contributed by atoms with Crippen LogP contribution in [-0.4, -0.2) is 25.7 Å². The number of nitrogens with zero attached hydrogens (tertiary/aromatic N) is 2. The molecule has 5 nitrogen and oxygen atoms in total. The Morgan fingerprint density at radius 3 is 2.55 bits per heavy atom. The lowest BCUT2D eigenvalue weighted by Crippen LogP contribution is -2.31. The molecule has 0 bridgehead atoms. The molecule has 1 aromatic heterocycles. The molecular weight excluding hydrogens is 278 g/mol. The maximum Gasteiger partial charge on any atom is 0.161 e. The van der Waals surface area contributed by atoms with Gasteiger partial charge in [0.05, 0.1) is 14.2 Å². The van der Waals surface area contributed by atoms with E-state index in [1.165, 1.54) is 11.1 Å². The summed E-state index contributed by atoms with van der Waals surface area (Å²) in [4.78, 5) is 6.75. The third kappa shape index (κ3) is 2.72. The van der Waals surface area contributed by atoms with E-state index in [1.54, 1.807) is 14.2 Å². The zero-order valence-electron chi connectivity index (χ0n) is 13.0. The van der Waals surface area contributed by atoms with Crippen LogP contribution in [0, 0.1) is 0 Å². The zero-order valence-corrected chi connectivity index (χ0v) is 13.0. The average molecular weight is 299 g/mol. The Bertz CT molecular complexity index is 673. The Kier molecular flexibility index (Phi) is 4.15. The van der Waals surface area contributed by atoms with E-state index in [1.807, 2.05) is 12.3 Å². The quantitative estimate of drug-likeness (QED) is 0.937. The maximum absolute atomic E-state index is 5.72. The molecule has 2 heterocycles. The normalized spacial score (nSPS) is 13.7. The van der Waals surface area contributed by atoms with E-state index >= 15 is 0 Å². The van der Waals surface area contributed by atoms with Gasteiger partial charge < -0.3 is 20.1 Å². The Morgan fingerprint density at radius 1 is 1.14 bits per heavy atom. The van der Waals surface area contributed by atoms with Crippen molar-refractivity contribution >= 4 is 5.82 Å². The number of hydrogen-bond donors (Lipinski definition) is 1. The molecule has 116 valence electrons. The highest BCUT2D eigenvalue weighted by Crippen LogP contribution is 2.34. The number of aromatic nitrogens is 1. The van der Waals surface area contributed by atoms with E-state index in [4.69, 9.17) is 15.2 Å². The minimum Gasteiger partial charge on any atom is -0.493 e. The predicted octanol–water partition coefficient (Wildman–Crippen LogP) is 2.12. The van der Waals surface area contributed by atoms with Gasteiger partial charge in [0.25, 0.3) is 0 Å². The van der Waals surface area contributed by atoms with Gasteiger partial charge in [-0.25, -0.2) is 4.98 Å². The molecule has 1 aliphatic rings. The van der Waals surface area contributed by atoms with Crippen molar-refractivity contribution in [3.63, 3.8) is 0 Å². The van der Waals surface area contributed by atoms with Crippen molar-refractivity contribution in [2.75, 3.05) is 25.7 Å². The molecule has 3 rings (SSSR count). The van der Waals surface area contributed by atoms with Gasteiger partial charge in [0.1, 0.15) is 5.82 Å². The Morgan fingerprint density at radius 2 is 1.86 bits per heavy atom. The number of pyridine rings is 1. The van der Waals surface area contributed by atoms with Crippen molar-refractivity contribution < 1.29 is 9.47 Å². The second-order valence-electron chi connectivity index (χ2n) is 5.37. The number of rotatable bonds is 4. The largest absolute Gasteiger partial charge is 0.493 e. The summed E-state index contributed by atoms with van der Waals surface area (Å²) in [6.07, 6.45) is 2.78. The molecule has 0 spiro atoms.